The van der Waals surface area contributed by atoms with Gasteiger partial charge in [0.15, 0.2) is 0 Å². The number of alkyl halides is 3. The molecule has 1 aromatic carbocycles. The number of aromatic nitrogens is 2. The van der Waals surface area contributed by atoms with E-state index in [-0.39, 0.29) is 35.3 Å². The molecule has 0 aliphatic heterocycles. The maximum Gasteiger partial charge on any atom is 0.471 e. The number of carbonyl (C=O) groups excluding carboxylic acids is 1. The molecule has 0 bridgehead atoms. The first-order valence-electron chi connectivity index (χ1n) is 6.66. The van der Waals surface area contributed by atoms with Gasteiger partial charge in [0.05, 0.1) is 0 Å². The number of hydrogen-bond acceptors (Lipinski definition) is 4. The monoisotopic (exact) mass is 331 g/mol. The van der Waals surface area contributed by atoms with E-state index in [1.807, 2.05) is 0 Å². The smallest absolute Gasteiger partial charge is 0.352 e. The van der Waals surface area contributed by atoms with Crippen molar-refractivity contribution in [3.05, 3.63) is 35.5 Å². The van der Waals surface area contributed by atoms with E-state index < -0.39 is 17.9 Å². The summed E-state index contributed by atoms with van der Waals surface area (Å²) in [6, 6.07) is 3.68. The Morgan fingerprint density at radius 2 is 2.04 bits per heavy atom. The first-order valence-corrected chi connectivity index (χ1v) is 6.66. The Bertz CT molecular complexity index is 710. The van der Waals surface area contributed by atoms with Crippen LogP contribution in [0.25, 0.3) is 11.4 Å². The highest BCUT2D eigenvalue weighted by atomic mass is 19.4. The zero-order valence-corrected chi connectivity index (χ0v) is 12.2. The van der Waals surface area contributed by atoms with Crippen molar-refractivity contribution in [1.82, 2.24) is 15.5 Å². The molecule has 0 unspecified atom stereocenters. The standard InChI is InChI=1S/C14H13F4N3O2/c1-7(2)12(22)19-6-9-4-3-8(5-10(9)15)11-20-13(23-21-11)14(16,17)18/h3-5,7H,6H2,1-2H3,(H,19,22). The topological polar surface area (TPSA) is 68.0 Å². The van der Waals surface area contributed by atoms with Crippen LogP contribution in [0.4, 0.5) is 17.6 Å². The van der Waals surface area contributed by atoms with Crippen molar-refractivity contribution < 1.29 is 26.9 Å². The van der Waals surface area contributed by atoms with Gasteiger partial charge in [-0.2, -0.15) is 18.2 Å². The van der Waals surface area contributed by atoms with E-state index in [4.69, 9.17) is 0 Å². The van der Waals surface area contributed by atoms with Gasteiger partial charge < -0.3 is 9.84 Å². The third-order valence-corrected chi connectivity index (χ3v) is 2.96. The molecule has 1 aromatic heterocycles. The van der Waals surface area contributed by atoms with E-state index in [0.717, 1.165) is 6.07 Å². The molecule has 0 atom stereocenters. The van der Waals surface area contributed by atoms with E-state index in [1.165, 1.54) is 12.1 Å². The number of carbonyl (C=O) groups is 1. The van der Waals surface area contributed by atoms with Crippen molar-refractivity contribution in [3.63, 3.8) is 0 Å². The van der Waals surface area contributed by atoms with E-state index in [1.54, 1.807) is 13.8 Å². The van der Waals surface area contributed by atoms with Gasteiger partial charge in [-0.1, -0.05) is 31.1 Å². The molecule has 5 nitrogen and oxygen atoms in total. The van der Waals surface area contributed by atoms with E-state index in [2.05, 4.69) is 20.0 Å². The highest BCUT2D eigenvalue weighted by molar-refractivity contribution is 5.77. The zero-order valence-electron chi connectivity index (χ0n) is 12.2. The number of rotatable bonds is 4. The number of benzene rings is 1. The molecular weight excluding hydrogens is 318 g/mol. The van der Waals surface area contributed by atoms with Crippen LogP contribution in [0, 0.1) is 11.7 Å². The fourth-order valence-electron chi connectivity index (χ4n) is 1.67. The molecule has 0 radical (unpaired) electrons. The van der Waals surface area contributed by atoms with Gasteiger partial charge in [0.25, 0.3) is 0 Å². The molecule has 0 aliphatic rings. The minimum Gasteiger partial charge on any atom is -0.352 e. The summed E-state index contributed by atoms with van der Waals surface area (Å²) in [5.41, 5.74) is 0.239. The van der Waals surface area contributed by atoms with Crippen molar-refractivity contribution in [2.24, 2.45) is 5.92 Å². The molecule has 0 spiro atoms. The van der Waals surface area contributed by atoms with E-state index >= 15 is 0 Å². The lowest BCUT2D eigenvalue weighted by Crippen LogP contribution is -2.27. The normalized spacial score (nSPS) is 11.8. The number of halogens is 4. The Kier molecular flexibility index (Phi) is 4.67. The Hall–Kier alpha value is -2.45. The maximum atomic E-state index is 14.0. The number of nitrogens with zero attached hydrogens (tertiary/aromatic N) is 2. The molecule has 0 saturated carbocycles. The van der Waals surface area contributed by atoms with E-state index in [9.17, 15) is 22.4 Å². The lowest BCUT2D eigenvalue weighted by atomic mass is 10.1. The molecule has 0 aliphatic carbocycles. The molecule has 1 heterocycles. The third-order valence-electron chi connectivity index (χ3n) is 2.96. The van der Waals surface area contributed by atoms with Crippen LogP contribution in [0.2, 0.25) is 0 Å². The fraction of sp³-hybridized carbons (Fsp3) is 0.357. The number of nitrogens with one attached hydrogen (secondary N) is 1. The van der Waals surface area contributed by atoms with Crippen LogP contribution >= 0.6 is 0 Å². The molecule has 23 heavy (non-hydrogen) atoms. The van der Waals surface area contributed by atoms with Gasteiger partial charge in [-0.3, -0.25) is 4.79 Å². The quantitative estimate of drug-likeness (QED) is 0.874. The summed E-state index contributed by atoms with van der Waals surface area (Å²) in [5, 5.41) is 5.72. The largest absolute Gasteiger partial charge is 0.471 e. The molecule has 2 aromatic rings. The van der Waals surface area contributed by atoms with Crippen LogP contribution in [0.15, 0.2) is 22.7 Å². The Morgan fingerprint density at radius 1 is 1.35 bits per heavy atom. The average Bonchev–Trinajstić information content (AvgIpc) is 2.95. The summed E-state index contributed by atoms with van der Waals surface area (Å²) >= 11 is 0. The minimum atomic E-state index is -4.76. The van der Waals surface area contributed by atoms with Crippen LogP contribution in [-0.2, 0) is 17.5 Å². The minimum absolute atomic E-state index is 0.0246. The molecule has 1 amide bonds. The molecule has 124 valence electrons. The first kappa shape index (κ1) is 16.9. The van der Waals surface area contributed by atoms with Crippen LogP contribution in [0.3, 0.4) is 0 Å². The zero-order chi connectivity index (χ0) is 17.2. The molecule has 2 rings (SSSR count). The second-order valence-electron chi connectivity index (χ2n) is 5.10. The van der Waals surface area contributed by atoms with Crippen molar-refractivity contribution in [1.29, 1.82) is 0 Å². The molecule has 0 fully saturated rings. The maximum absolute atomic E-state index is 14.0. The number of amides is 1. The first-order chi connectivity index (χ1) is 10.7. The number of hydrogen-bond donors (Lipinski definition) is 1. The summed E-state index contributed by atoms with van der Waals surface area (Å²) < 4.78 is 55.2. The van der Waals surface area contributed by atoms with Gasteiger partial charge in [0.1, 0.15) is 5.82 Å². The summed E-state index contributed by atoms with van der Waals surface area (Å²) in [6.07, 6.45) is -4.76. The van der Waals surface area contributed by atoms with Gasteiger partial charge in [0, 0.05) is 23.6 Å². The van der Waals surface area contributed by atoms with Crippen LogP contribution in [-0.4, -0.2) is 16.0 Å². The summed E-state index contributed by atoms with van der Waals surface area (Å²) in [6.45, 7) is 3.37. The highest BCUT2D eigenvalue weighted by Gasteiger charge is 2.38. The Balaban J connectivity index is 2.16. The van der Waals surface area contributed by atoms with Crippen LogP contribution in [0.1, 0.15) is 25.3 Å². The second kappa shape index (κ2) is 6.35. The van der Waals surface area contributed by atoms with Gasteiger partial charge >= 0.3 is 12.1 Å². The molecular formula is C14H13F4N3O2. The van der Waals surface area contributed by atoms with Crippen molar-refractivity contribution >= 4 is 5.91 Å². The fourth-order valence-corrected chi connectivity index (χ4v) is 1.67. The van der Waals surface area contributed by atoms with Gasteiger partial charge in [-0.15, -0.1) is 0 Å². The van der Waals surface area contributed by atoms with E-state index in [0.29, 0.717) is 0 Å². The molecule has 1 N–H and O–H groups in total. The van der Waals surface area contributed by atoms with Crippen molar-refractivity contribution in [3.8, 4) is 11.4 Å². The SMILES string of the molecule is CC(C)C(=O)NCc1ccc(-c2noc(C(F)(F)F)n2)cc1F. The van der Waals surface area contributed by atoms with Gasteiger partial charge in [0.2, 0.25) is 11.7 Å². The third kappa shape index (κ3) is 4.05. The van der Waals surface area contributed by atoms with Crippen LogP contribution in [0.5, 0.6) is 0 Å². The van der Waals surface area contributed by atoms with Gasteiger partial charge in [-0.25, -0.2) is 4.39 Å². The predicted molar refractivity (Wildman–Crippen MR) is 71.4 cm³/mol. The van der Waals surface area contributed by atoms with Crippen LogP contribution < -0.4 is 5.32 Å². The second-order valence-corrected chi connectivity index (χ2v) is 5.10. The van der Waals surface area contributed by atoms with Crippen molar-refractivity contribution in [2.75, 3.05) is 0 Å². The Morgan fingerprint density at radius 3 is 2.57 bits per heavy atom. The molecule has 0 saturated heterocycles. The van der Waals surface area contributed by atoms with Crippen molar-refractivity contribution in [2.45, 2.75) is 26.6 Å². The summed E-state index contributed by atoms with van der Waals surface area (Å²) in [5.74, 6) is -3.03. The summed E-state index contributed by atoms with van der Waals surface area (Å²) in [4.78, 5) is 14.6. The predicted octanol–water partition coefficient (Wildman–Crippen LogP) is 3.17. The molecule has 9 heteroatoms. The lowest BCUT2D eigenvalue weighted by Gasteiger charge is -2.08. The lowest BCUT2D eigenvalue weighted by molar-refractivity contribution is -0.159. The Labute approximate surface area is 128 Å². The van der Waals surface area contributed by atoms with Gasteiger partial charge in [-0.05, 0) is 6.07 Å². The highest BCUT2D eigenvalue weighted by Crippen LogP contribution is 2.29. The average molecular weight is 331 g/mol. The summed E-state index contributed by atoms with van der Waals surface area (Å²) in [7, 11) is 0.